The summed E-state index contributed by atoms with van der Waals surface area (Å²) in [6, 6.07) is 21.9. The number of nitrogens with one attached hydrogen (secondary N) is 1. The van der Waals surface area contributed by atoms with Gasteiger partial charge in [-0.3, -0.25) is 4.79 Å². The van der Waals surface area contributed by atoms with Crippen LogP contribution in [0.4, 0.5) is 4.39 Å². The predicted molar refractivity (Wildman–Crippen MR) is 169 cm³/mol. The van der Waals surface area contributed by atoms with Crippen molar-refractivity contribution in [2.45, 2.75) is 64.3 Å². The fourth-order valence-electron chi connectivity index (χ4n) is 5.69. The lowest BCUT2D eigenvalue weighted by Gasteiger charge is -2.20. The van der Waals surface area contributed by atoms with E-state index < -0.39 is 36.4 Å². The number of carboxylic acid groups (broad SMARTS) is 1. The van der Waals surface area contributed by atoms with Crippen LogP contribution in [-0.4, -0.2) is 51.9 Å². The van der Waals surface area contributed by atoms with Gasteiger partial charge in [0.05, 0.1) is 24.9 Å². The molecule has 3 N–H and O–H groups in total. The molecule has 46 heavy (non-hydrogen) atoms. The molecule has 9 nitrogen and oxygen atoms in total. The van der Waals surface area contributed by atoms with E-state index in [-0.39, 0.29) is 37.8 Å². The number of carboxylic acids is 1. The number of aliphatic hydroxyl groups excluding tert-OH is 2. The maximum Gasteiger partial charge on any atom is 0.337 e. The minimum Gasteiger partial charge on any atom is -0.550 e. The van der Waals surface area contributed by atoms with Crippen molar-refractivity contribution in [2.24, 2.45) is 0 Å². The van der Waals surface area contributed by atoms with Crippen LogP contribution in [-0.2, 0) is 22.5 Å². The van der Waals surface area contributed by atoms with Gasteiger partial charge in [0.25, 0.3) is 5.91 Å². The molecule has 0 radical (unpaired) electrons. The number of aliphatic hydroxyl groups is 2. The van der Waals surface area contributed by atoms with Crippen LogP contribution in [0.5, 0.6) is 0 Å². The number of amides is 1. The second-order valence-corrected chi connectivity index (χ2v) is 11.4. The molecule has 2 atom stereocenters. The first kappa shape index (κ1) is 34.1. The average molecular weight is 630 g/mol. The van der Waals surface area contributed by atoms with E-state index in [9.17, 15) is 34.1 Å². The fourth-order valence-corrected chi connectivity index (χ4v) is 5.69. The lowest BCUT2D eigenvalue weighted by atomic mass is 9.92. The number of hydrogen-bond donors (Lipinski definition) is 3. The normalized spacial score (nSPS) is 12.5. The van der Waals surface area contributed by atoms with Gasteiger partial charge in [-0.25, -0.2) is 9.18 Å². The van der Waals surface area contributed by atoms with Gasteiger partial charge >= 0.3 is 5.97 Å². The van der Waals surface area contributed by atoms with Crippen LogP contribution in [0.3, 0.4) is 0 Å². The molecule has 1 amide bonds. The monoisotopic (exact) mass is 629 g/mol. The number of ether oxygens (including phenoxy) is 1. The molecule has 0 spiro atoms. The summed E-state index contributed by atoms with van der Waals surface area (Å²) in [6.45, 7) is 3.99. The lowest BCUT2D eigenvalue weighted by Crippen LogP contribution is -2.29. The minimum atomic E-state index is -1.41. The fraction of sp³-hybridized carbons (Fsp3) is 0.306. The zero-order valence-electron chi connectivity index (χ0n) is 26.0. The summed E-state index contributed by atoms with van der Waals surface area (Å²) >= 11 is 0. The van der Waals surface area contributed by atoms with E-state index in [0.717, 1.165) is 5.56 Å². The first-order chi connectivity index (χ1) is 22.0. The van der Waals surface area contributed by atoms with Crippen molar-refractivity contribution in [2.75, 3.05) is 7.11 Å². The van der Waals surface area contributed by atoms with Crippen molar-refractivity contribution >= 4 is 17.8 Å². The van der Waals surface area contributed by atoms with Gasteiger partial charge in [-0.2, -0.15) is 0 Å². The van der Waals surface area contributed by atoms with Crippen molar-refractivity contribution in [1.29, 1.82) is 0 Å². The van der Waals surface area contributed by atoms with Crippen LogP contribution in [0.15, 0.2) is 78.9 Å². The smallest absolute Gasteiger partial charge is 0.337 e. The second kappa shape index (κ2) is 15.5. The van der Waals surface area contributed by atoms with Crippen LogP contribution in [0.2, 0.25) is 0 Å². The molecule has 0 saturated heterocycles. The SMILES string of the molecule is COC(=O)c1cccc(CNC(=O)c2c(-c3ccccc3)c(-c3ccc(F)cc3)c(CC[C@@H](O)C[C@@H](O)CC(=O)[O-])n2C(C)C)c1. The van der Waals surface area contributed by atoms with Gasteiger partial charge < -0.3 is 34.7 Å². The number of benzene rings is 3. The minimum absolute atomic E-state index is 0.122. The number of aliphatic carboxylic acids is 1. The van der Waals surface area contributed by atoms with E-state index >= 15 is 0 Å². The Kier molecular flexibility index (Phi) is 11.5. The number of nitrogens with zero attached hydrogens (tertiary/aromatic N) is 1. The summed E-state index contributed by atoms with van der Waals surface area (Å²) in [5.41, 5.74) is 4.87. The summed E-state index contributed by atoms with van der Waals surface area (Å²) < 4.78 is 20.8. The topological polar surface area (TPSA) is 141 Å². The van der Waals surface area contributed by atoms with E-state index in [2.05, 4.69) is 5.32 Å². The van der Waals surface area contributed by atoms with Crippen LogP contribution >= 0.6 is 0 Å². The molecule has 0 fully saturated rings. The number of methoxy groups -OCH3 is 1. The molecular formula is C36H38FN2O7-. The van der Waals surface area contributed by atoms with Gasteiger partial charge in [0.1, 0.15) is 11.5 Å². The molecule has 0 aliphatic rings. The van der Waals surface area contributed by atoms with Gasteiger partial charge in [0, 0.05) is 41.8 Å². The number of halogens is 1. The highest BCUT2D eigenvalue weighted by Gasteiger charge is 2.30. The number of carbonyl (C=O) groups excluding carboxylic acids is 3. The third-order valence-electron chi connectivity index (χ3n) is 7.70. The Morgan fingerprint density at radius 1 is 0.913 bits per heavy atom. The van der Waals surface area contributed by atoms with E-state index in [1.54, 1.807) is 36.4 Å². The van der Waals surface area contributed by atoms with Gasteiger partial charge in [0.2, 0.25) is 0 Å². The lowest BCUT2D eigenvalue weighted by molar-refractivity contribution is -0.307. The molecule has 1 heterocycles. The number of esters is 1. The Morgan fingerprint density at radius 2 is 1.59 bits per heavy atom. The van der Waals surface area contributed by atoms with Crippen LogP contribution < -0.4 is 10.4 Å². The summed E-state index contributed by atoms with van der Waals surface area (Å²) in [4.78, 5) is 37.2. The third kappa shape index (κ3) is 8.26. The van der Waals surface area contributed by atoms with Gasteiger partial charge in [-0.15, -0.1) is 0 Å². The molecule has 0 saturated carbocycles. The largest absolute Gasteiger partial charge is 0.550 e. The molecule has 10 heteroatoms. The Hall–Kier alpha value is -4.80. The summed E-state index contributed by atoms with van der Waals surface area (Å²) in [6.07, 6.45) is -2.64. The highest BCUT2D eigenvalue weighted by atomic mass is 19.1. The maximum absolute atomic E-state index is 14.2. The number of aromatic nitrogens is 1. The molecule has 1 aromatic heterocycles. The predicted octanol–water partition coefficient (Wildman–Crippen LogP) is 4.44. The summed E-state index contributed by atoms with van der Waals surface area (Å²) in [7, 11) is 1.30. The highest BCUT2D eigenvalue weighted by molar-refractivity contribution is 6.05. The van der Waals surface area contributed by atoms with Crippen molar-refractivity contribution in [3.05, 3.63) is 107 Å². The molecule has 0 bridgehead atoms. The molecule has 0 aliphatic carbocycles. The van der Waals surface area contributed by atoms with Crippen molar-refractivity contribution in [3.63, 3.8) is 0 Å². The van der Waals surface area contributed by atoms with E-state index in [0.29, 0.717) is 39.2 Å². The maximum atomic E-state index is 14.2. The first-order valence-electron chi connectivity index (χ1n) is 15.1. The number of hydrogen-bond acceptors (Lipinski definition) is 7. The summed E-state index contributed by atoms with van der Waals surface area (Å²) in [5, 5.41) is 34.8. The molecule has 4 aromatic rings. The molecule has 242 valence electrons. The van der Waals surface area contributed by atoms with Gasteiger partial charge in [-0.05, 0) is 74.1 Å². The Bertz CT molecular complexity index is 1670. The van der Waals surface area contributed by atoms with E-state index in [4.69, 9.17) is 4.74 Å². The molecule has 4 rings (SSSR count). The average Bonchev–Trinajstić information content (AvgIpc) is 3.38. The van der Waals surface area contributed by atoms with Crippen molar-refractivity contribution in [1.82, 2.24) is 9.88 Å². The highest BCUT2D eigenvalue weighted by Crippen LogP contribution is 2.42. The molecule has 0 unspecified atom stereocenters. The number of carbonyl (C=O) groups is 3. The van der Waals surface area contributed by atoms with Crippen molar-refractivity contribution in [3.8, 4) is 22.3 Å². The van der Waals surface area contributed by atoms with E-state index in [1.807, 2.05) is 48.7 Å². The Balaban J connectivity index is 1.83. The van der Waals surface area contributed by atoms with Gasteiger partial charge in [0.15, 0.2) is 0 Å². The molecular weight excluding hydrogens is 591 g/mol. The van der Waals surface area contributed by atoms with Crippen LogP contribution in [0.25, 0.3) is 22.3 Å². The molecule has 0 aliphatic heterocycles. The zero-order chi connectivity index (χ0) is 33.4. The zero-order valence-corrected chi connectivity index (χ0v) is 26.0. The van der Waals surface area contributed by atoms with Crippen LogP contribution in [0.1, 0.15) is 71.3 Å². The quantitative estimate of drug-likeness (QED) is 0.175. The summed E-state index contributed by atoms with van der Waals surface area (Å²) in [5.74, 6) is -2.70. The van der Waals surface area contributed by atoms with Crippen LogP contribution in [0, 0.1) is 5.82 Å². The second-order valence-electron chi connectivity index (χ2n) is 11.4. The molecule has 3 aromatic carbocycles. The Morgan fingerprint density at radius 3 is 2.22 bits per heavy atom. The first-order valence-corrected chi connectivity index (χ1v) is 15.1. The third-order valence-corrected chi connectivity index (χ3v) is 7.70. The number of rotatable bonds is 14. The standard InChI is InChI=1S/C36H39FN2O7/c1-22(2)39-30(17-16-28(40)19-29(41)20-31(42)43)32(25-12-14-27(37)15-13-25)33(24-9-5-4-6-10-24)34(39)35(44)38-21-23-8-7-11-26(18-23)36(45)46-3/h4-15,18,22,28-29,40-41H,16-17,19-21H2,1-3H3,(H,38,44)(H,42,43)/p-1/t28-,29-/m1/s1. The van der Waals surface area contributed by atoms with Gasteiger partial charge in [-0.1, -0.05) is 54.6 Å². The Labute approximate surface area is 267 Å². The van der Waals surface area contributed by atoms with E-state index in [1.165, 1.54) is 19.2 Å². The van der Waals surface area contributed by atoms with Crippen molar-refractivity contribution < 1.29 is 38.8 Å².